The average Bonchev–Trinajstić information content (AvgIpc) is 2.42. The number of aryl methyl sites for hydroxylation is 1. The van der Waals surface area contributed by atoms with Crippen LogP contribution >= 0.6 is 0 Å². The lowest BCUT2D eigenvalue weighted by atomic mass is 9.88. The maximum atomic E-state index is 5.31. The summed E-state index contributed by atoms with van der Waals surface area (Å²) in [4.78, 5) is 0. The molecule has 1 unspecified atom stereocenters. The summed E-state index contributed by atoms with van der Waals surface area (Å²) in [7, 11) is 1.74. The minimum Gasteiger partial charge on any atom is -0.497 e. The number of ether oxygens (including phenoxy) is 1. The van der Waals surface area contributed by atoms with Crippen molar-refractivity contribution >= 4 is 0 Å². The highest BCUT2D eigenvalue weighted by Crippen LogP contribution is 2.25. The number of rotatable bonds is 6. The van der Waals surface area contributed by atoms with Crippen LogP contribution in [0.25, 0.3) is 0 Å². The molecule has 1 aliphatic rings. The molecule has 0 amide bonds. The zero-order valence-corrected chi connectivity index (χ0v) is 11.7. The van der Waals surface area contributed by atoms with E-state index in [-0.39, 0.29) is 0 Å². The van der Waals surface area contributed by atoms with Gasteiger partial charge in [-0.15, -0.1) is 0 Å². The Labute approximate surface area is 111 Å². The van der Waals surface area contributed by atoms with Crippen LogP contribution < -0.4 is 10.1 Å². The van der Waals surface area contributed by atoms with E-state index >= 15 is 0 Å². The monoisotopic (exact) mass is 247 g/mol. The molecule has 100 valence electrons. The lowest BCUT2D eigenvalue weighted by molar-refractivity contribution is 0.410. The fraction of sp³-hybridized carbons (Fsp3) is 0.625. The van der Waals surface area contributed by atoms with Crippen molar-refractivity contribution in [3.63, 3.8) is 0 Å². The fourth-order valence-corrected chi connectivity index (χ4v) is 2.72. The Bertz CT molecular complexity index is 375. The third kappa shape index (κ3) is 3.49. The first-order valence-corrected chi connectivity index (χ1v) is 7.22. The van der Waals surface area contributed by atoms with Gasteiger partial charge >= 0.3 is 0 Å². The molecule has 2 nitrogen and oxygen atoms in total. The van der Waals surface area contributed by atoms with Crippen molar-refractivity contribution in [3.8, 4) is 5.75 Å². The van der Waals surface area contributed by atoms with Crippen LogP contribution in [0.1, 0.15) is 43.7 Å². The molecule has 1 N–H and O–H groups in total. The smallest absolute Gasteiger partial charge is 0.119 e. The van der Waals surface area contributed by atoms with Gasteiger partial charge in [-0.1, -0.05) is 25.8 Å². The Morgan fingerprint density at radius 1 is 1.28 bits per heavy atom. The minimum atomic E-state index is 0.654. The maximum Gasteiger partial charge on any atom is 0.119 e. The molecule has 2 rings (SSSR count). The highest BCUT2D eigenvalue weighted by Gasteiger charge is 2.18. The molecule has 1 aromatic rings. The molecule has 0 saturated heterocycles. The molecule has 0 fully saturated rings. The van der Waals surface area contributed by atoms with Crippen molar-refractivity contribution in [3.05, 3.63) is 29.3 Å². The topological polar surface area (TPSA) is 21.3 Å². The molecule has 0 saturated carbocycles. The first-order valence-electron chi connectivity index (χ1n) is 7.22. The van der Waals surface area contributed by atoms with E-state index < -0.39 is 0 Å². The van der Waals surface area contributed by atoms with Gasteiger partial charge in [-0.2, -0.15) is 0 Å². The Balaban J connectivity index is 1.88. The highest BCUT2D eigenvalue weighted by molar-refractivity contribution is 5.37. The fourth-order valence-electron chi connectivity index (χ4n) is 2.72. The van der Waals surface area contributed by atoms with Crippen LogP contribution in [0.3, 0.4) is 0 Å². The van der Waals surface area contributed by atoms with Gasteiger partial charge in [0.05, 0.1) is 7.11 Å². The summed E-state index contributed by atoms with van der Waals surface area (Å²) in [5.41, 5.74) is 2.97. The third-order valence-corrected chi connectivity index (χ3v) is 3.86. The van der Waals surface area contributed by atoms with Gasteiger partial charge in [-0.3, -0.25) is 0 Å². The van der Waals surface area contributed by atoms with E-state index in [1.165, 1.54) is 43.2 Å². The average molecular weight is 247 g/mol. The van der Waals surface area contributed by atoms with Crippen LogP contribution in [0.2, 0.25) is 0 Å². The number of unbranched alkanes of at least 4 members (excludes halogenated alkanes) is 2. The summed E-state index contributed by atoms with van der Waals surface area (Å²) in [6.07, 6.45) is 7.56. The Morgan fingerprint density at radius 2 is 2.17 bits per heavy atom. The van der Waals surface area contributed by atoms with Crippen LogP contribution in [0.15, 0.2) is 18.2 Å². The number of fused-ring (bicyclic) bond motifs is 1. The second-order valence-electron chi connectivity index (χ2n) is 5.24. The molecular weight excluding hydrogens is 222 g/mol. The maximum absolute atomic E-state index is 5.31. The molecule has 0 radical (unpaired) electrons. The zero-order valence-electron chi connectivity index (χ0n) is 11.7. The summed E-state index contributed by atoms with van der Waals surface area (Å²) >= 11 is 0. The van der Waals surface area contributed by atoms with Crippen molar-refractivity contribution in [1.82, 2.24) is 5.32 Å². The molecule has 2 heteroatoms. The second-order valence-corrected chi connectivity index (χ2v) is 5.24. The van der Waals surface area contributed by atoms with Gasteiger partial charge in [-0.05, 0) is 55.5 Å². The predicted octanol–water partition coefficient (Wildman–Crippen LogP) is 3.33. The van der Waals surface area contributed by atoms with Crippen LogP contribution in [0.4, 0.5) is 0 Å². The van der Waals surface area contributed by atoms with E-state index in [9.17, 15) is 0 Å². The highest BCUT2D eigenvalue weighted by atomic mass is 16.5. The number of methoxy groups -OCH3 is 1. The molecule has 0 spiro atoms. The molecule has 0 heterocycles. The van der Waals surface area contributed by atoms with Gasteiger partial charge in [0, 0.05) is 6.04 Å². The van der Waals surface area contributed by atoms with E-state index in [0.29, 0.717) is 6.04 Å². The van der Waals surface area contributed by atoms with E-state index in [4.69, 9.17) is 4.74 Å². The van der Waals surface area contributed by atoms with Crippen molar-refractivity contribution in [2.75, 3.05) is 13.7 Å². The third-order valence-electron chi connectivity index (χ3n) is 3.86. The number of hydrogen-bond donors (Lipinski definition) is 1. The Hall–Kier alpha value is -1.02. The van der Waals surface area contributed by atoms with Crippen LogP contribution in [-0.4, -0.2) is 19.7 Å². The molecule has 1 atom stereocenters. The summed E-state index contributed by atoms with van der Waals surface area (Å²) in [5, 5.41) is 3.69. The van der Waals surface area contributed by atoms with Crippen LogP contribution in [-0.2, 0) is 12.8 Å². The first-order chi connectivity index (χ1) is 8.83. The van der Waals surface area contributed by atoms with Crippen molar-refractivity contribution in [2.24, 2.45) is 0 Å². The van der Waals surface area contributed by atoms with E-state index in [1.54, 1.807) is 7.11 Å². The van der Waals surface area contributed by atoms with Gasteiger partial charge in [0.15, 0.2) is 0 Å². The van der Waals surface area contributed by atoms with E-state index in [0.717, 1.165) is 18.7 Å². The summed E-state index contributed by atoms with van der Waals surface area (Å²) in [6, 6.07) is 7.16. The Morgan fingerprint density at radius 3 is 2.94 bits per heavy atom. The van der Waals surface area contributed by atoms with Crippen molar-refractivity contribution < 1.29 is 4.74 Å². The molecule has 0 aliphatic heterocycles. The van der Waals surface area contributed by atoms with Crippen molar-refractivity contribution in [1.29, 1.82) is 0 Å². The van der Waals surface area contributed by atoms with E-state index in [1.807, 2.05) is 0 Å². The van der Waals surface area contributed by atoms with Gasteiger partial charge < -0.3 is 10.1 Å². The molecule has 1 aromatic carbocycles. The predicted molar refractivity (Wildman–Crippen MR) is 76.3 cm³/mol. The minimum absolute atomic E-state index is 0.654. The summed E-state index contributed by atoms with van der Waals surface area (Å²) in [5.74, 6) is 0.986. The summed E-state index contributed by atoms with van der Waals surface area (Å²) in [6.45, 7) is 3.42. The molecule has 1 aliphatic carbocycles. The molecular formula is C16H25NO. The number of hydrogen-bond acceptors (Lipinski definition) is 2. The van der Waals surface area contributed by atoms with Gasteiger partial charge in [0.25, 0.3) is 0 Å². The van der Waals surface area contributed by atoms with Crippen molar-refractivity contribution in [2.45, 2.75) is 51.5 Å². The summed E-state index contributed by atoms with van der Waals surface area (Å²) < 4.78 is 5.31. The molecule has 0 bridgehead atoms. The van der Waals surface area contributed by atoms with Gasteiger partial charge in [0.1, 0.15) is 5.75 Å². The van der Waals surface area contributed by atoms with Crippen LogP contribution in [0, 0.1) is 0 Å². The molecule has 18 heavy (non-hydrogen) atoms. The quantitative estimate of drug-likeness (QED) is 0.779. The standard InChI is InChI=1S/C16H25NO/c1-3-4-5-10-17-15-8-6-13-7-9-16(18-2)12-14(13)11-15/h7,9,12,15,17H,3-6,8,10-11H2,1-2H3. The Kier molecular flexibility index (Phi) is 5.06. The SMILES string of the molecule is CCCCCNC1CCc2ccc(OC)cc2C1. The molecule has 0 aromatic heterocycles. The normalized spacial score (nSPS) is 18.4. The number of benzene rings is 1. The first kappa shape index (κ1) is 13.4. The number of nitrogens with one attached hydrogen (secondary N) is 1. The van der Waals surface area contributed by atoms with Gasteiger partial charge in [-0.25, -0.2) is 0 Å². The second kappa shape index (κ2) is 6.79. The largest absolute Gasteiger partial charge is 0.497 e. The lowest BCUT2D eigenvalue weighted by Gasteiger charge is -2.26. The van der Waals surface area contributed by atoms with Gasteiger partial charge in [0.2, 0.25) is 0 Å². The zero-order chi connectivity index (χ0) is 12.8. The van der Waals surface area contributed by atoms with Crippen LogP contribution in [0.5, 0.6) is 5.75 Å². The van der Waals surface area contributed by atoms with E-state index in [2.05, 4.69) is 30.4 Å². The lowest BCUT2D eigenvalue weighted by Crippen LogP contribution is -2.35.